The summed E-state index contributed by atoms with van der Waals surface area (Å²) >= 11 is 0. The van der Waals surface area contributed by atoms with Crippen LogP contribution < -0.4 is 11.1 Å². The van der Waals surface area contributed by atoms with Gasteiger partial charge in [-0.3, -0.25) is 4.79 Å². The smallest absolute Gasteiger partial charge is 0.407 e. The molecule has 1 saturated carbocycles. The number of ketones is 1. The molecule has 17 heteroatoms. The van der Waals surface area contributed by atoms with Crippen LogP contribution in [-0.2, 0) is 28.5 Å². The maximum atomic E-state index is 13.1. The van der Waals surface area contributed by atoms with E-state index in [0.717, 1.165) is 0 Å². The molecule has 0 aromatic heterocycles. The van der Waals surface area contributed by atoms with Crippen molar-refractivity contribution in [2.45, 2.75) is 145 Å². The number of carbonyl (C=O) groups is 2. The second-order valence-corrected chi connectivity index (χ2v) is 13.4. The van der Waals surface area contributed by atoms with Crippen molar-refractivity contribution in [2.24, 2.45) is 17.6 Å². The van der Waals surface area contributed by atoms with Gasteiger partial charge in [-0.05, 0) is 45.4 Å². The second-order valence-electron chi connectivity index (χ2n) is 13.4. The topological polar surface area (TPSA) is 280 Å². The molecule has 2 saturated heterocycles. The number of hydrogen-bond acceptors (Lipinski definition) is 16. The molecular weight excluding hydrogens is 616 g/mol. The number of Topliss-reactive ketones (excluding diaryl/α,β-unsaturated/α-hetero) is 1. The number of aliphatic hydroxyl groups excluding tert-OH is 8. The highest BCUT2D eigenvalue weighted by molar-refractivity contribution is 5.84. The summed E-state index contributed by atoms with van der Waals surface area (Å²) < 4.78 is 28.3. The van der Waals surface area contributed by atoms with Gasteiger partial charge in [0, 0.05) is 6.42 Å². The molecule has 3 aliphatic rings. The minimum Gasteiger partial charge on any atom is -0.444 e. The summed E-state index contributed by atoms with van der Waals surface area (Å²) in [4.78, 5) is 25.1. The highest BCUT2D eigenvalue weighted by atomic mass is 16.7. The fraction of sp³-hybridized carbons (Fsp3) is 0.931. The second kappa shape index (κ2) is 16.2. The van der Waals surface area contributed by atoms with E-state index in [1.54, 1.807) is 34.6 Å². The number of nitrogens with one attached hydrogen (secondary N) is 1. The number of hydrogen-bond donors (Lipinski definition) is 10. The lowest BCUT2D eigenvalue weighted by molar-refractivity contribution is -0.340. The van der Waals surface area contributed by atoms with E-state index in [2.05, 4.69) is 5.32 Å². The molecule has 1 amide bonds. The average Bonchev–Trinajstić information content (AvgIpc) is 2.98. The van der Waals surface area contributed by atoms with Gasteiger partial charge in [0.2, 0.25) is 0 Å². The summed E-state index contributed by atoms with van der Waals surface area (Å²) in [6, 6.07) is -1.30. The largest absolute Gasteiger partial charge is 0.444 e. The van der Waals surface area contributed by atoms with Crippen LogP contribution in [0.1, 0.15) is 53.9 Å². The van der Waals surface area contributed by atoms with Gasteiger partial charge < -0.3 is 75.6 Å². The summed E-state index contributed by atoms with van der Waals surface area (Å²) in [7, 11) is 0. The first-order chi connectivity index (χ1) is 21.4. The van der Waals surface area contributed by atoms with Crippen LogP contribution in [0.5, 0.6) is 0 Å². The van der Waals surface area contributed by atoms with Gasteiger partial charge in [0.25, 0.3) is 0 Å². The molecule has 11 N–H and O–H groups in total. The zero-order valence-corrected chi connectivity index (χ0v) is 26.8. The summed E-state index contributed by atoms with van der Waals surface area (Å²) in [6.07, 6.45) is -19.3. The molecule has 0 radical (unpaired) electrons. The van der Waals surface area contributed by atoms with Crippen LogP contribution in [0.3, 0.4) is 0 Å². The Balaban J connectivity index is 1.81. The van der Waals surface area contributed by atoms with Gasteiger partial charge in [0.15, 0.2) is 18.4 Å². The van der Waals surface area contributed by atoms with Gasteiger partial charge in [-0.1, -0.05) is 13.8 Å². The van der Waals surface area contributed by atoms with E-state index in [-0.39, 0.29) is 19.3 Å². The molecule has 0 aromatic rings. The van der Waals surface area contributed by atoms with Crippen molar-refractivity contribution < 1.29 is 74.1 Å². The van der Waals surface area contributed by atoms with Crippen molar-refractivity contribution in [1.29, 1.82) is 0 Å². The summed E-state index contributed by atoms with van der Waals surface area (Å²) in [6.45, 7) is 7.23. The maximum Gasteiger partial charge on any atom is 0.407 e. The van der Waals surface area contributed by atoms with E-state index in [1.807, 2.05) is 0 Å². The van der Waals surface area contributed by atoms with Crippen LogP contribution in [0.15, 0.2) is 0 Å². The van der Waals surface area contributed by atoms with Crippen molar-refractivity contribution in [3.8, 4) is 0 Å². The number of nitrogens with two attached hydrogens (primary N) is 1. The lowest BCUT2D eigenvalue weighted by Gasteiger charge is -2.49. The third-order valence-electron chi connectivity index (χ3n) is 8.64. The molecule has 0 spiro atoms. The first-order valence-electron chi connectivity index (χ1n) is 15.6. The van der Waals surface area contributed by atoms with Crippen LogP contribution in [0.25, 0.3) is 0 Å². The van der Waals surface area contributed by atoms with Crippen molar-refractivity contribution in [2.75, 3.05) is 13.2 Å². The van der Waals surface area contributed by atoms with Gasteiger partial charge in [-0.2, -0.15) is 0 Å². The third-order valence-corrected chi connectivity index (χ3v) is 8.64. The number of alkyl carbamates (subject to hydrolysis) is 1. The monoisotopic (exact) mass is 668 g/mol. The summed E-state index contributed by atoms with van der Waals surface area (Å²) in [5.74, 6) is -2.06. The minimum absolute atomic E-state index is 0.135. The molecule has 46 heavy (non-hydrogen) atoms. The lowest BCUT2D eigenvalue weighted by Crippen LogP contribution is -2.65. The summed E-state index contributed by atoms with van der Waals surface area (Å²) in [5, 5.41) is 86.3. The van der Waals surface area contributed by atoms with E-state index >= 15 is 0 Å². The first kappa shape index (κ1) is 38.9. The molecule has 2 aliphatic heterocycles. The zero-order chi connectivity index (χ0) is 34.7. The Morgan fingerprint density at radius 2 is 1.48 bits per heavy atom. The van der Waals surface area contributed by atoms with E-state index in [4.69, 9.17) is 29.4 Å². The van der Waals surface area contributed by atoms with Crippen LogP contribution >= 0.6 is 0 Å². The molecule has 0 bridgehead atoms. The Bertz CT molecular complexity index is 996. The Hall–Kier alpha value is -1.58. The van der Waals surface area contributed by atoms with Gasteiger partial charge >= 0.3 is 6.09 Å². The van der Waals surface area contributed by atoms with E-state index in [0.29, 0.717) is 0 Å². The number of aliphatic hydroxyl groups is 8. The molecular formula is C29H52N2O15. The standard InChI is InChI=1S/C29H52N2O15/c1-6-15-19(36)21(38)22(39)27(42-15)44-24-11(2)7-12(8-13(33)14(34)9-31-28(41)46-29(3,4)5)25(23(24)40)45-26-20(37)17(30)18(35)16(10-32)43-26/h11-12,14-27,32,34-40H,6-10,30H2,1-5H3,(H,31,41)/t11-,12-,14-,15+,16+,17-,18+,19+,20+,21-,22+,23-,24?,25-,26+,27+/m0/s1. The predicted octanol–water partition coefficient (Wildman–Crippen LogP) is -3.40. The number of rotatable bonds is 11. The van der Waals surface area contributed by atoms with Crippen LogP contribution in [-0.4, -0.2) is 157 Å². The van der Waals surface area contributed by atoms with Crippen LogP contribution in [0, 0.1) is 11.8 Å². The van der Waals surface area contributed by atoms with Crippen molar-refractivity contribution in [3.63, 3.8) is 0 Å². The molecule has 0 aromatic carbocycles. The first-order valence-corrected chi connectivity index (χ1v) is 15.6. The SMILES string of the molecule is CC[C@H]1O[C@H](OC2[C@@H](C)C[C@@H](CC(=O)[C@@H](O)CNC(=O)OC(C)(C)C)[C@H](O[C@H]3O[C@H](CO)[C@@H](O)[C@H](N)[C@H]3O)[C@H]2O)[C@H](O)[C@@H](O)[C@@H]1O. The molecule has 17 nitrogen and oxygen atoms in total. The van der Waals surface area contributed by atoms with E-state index < -0.39 is 128 Å². The number of ether oxygens (including phenoxy) is 5. The average molecular weight is 669 g/mol. The fourth-order valence-electron chi connectivity index (χ4n) is 6.06. The van der Waals surface area contributed by atoms with Crippen LogP contribution in [0.2, 0.25) is 0 Å². The van der Waals surface area contributed by atoms with Gasteiger partial charge in [0.05, 0.1) is 37.5 Å². The van der Waals surface area contributed by atoms with E-state index in [1.165, 1.54) is 0 Å². The van der Waals surface area contributed by atoms with Crippen molar-refractivity contribution >= 4 is 11.9 Å². The zero-order valence-electron chi connectivity index (χ0n) is 26.8. The lowest BCUT2D eigenvalue weighted by atomic mass is 9.74. The third kappa shape index (κ3) is 9.31. The summed E-state index contributed by atoms with van der Waals surface area (Å²) in [5.41, 5.74) is 5.13. The Labute approximate surface area is 267 Å². The quantitative estimate of drug-likeness (QED) is 0.103. The van der Waals surface area contributed by atoms with Gasteiger partial charge in [-0.15, -0.1) is 0 Å². The molecule has 3 fully saturated rings. The Morgan fingerprint density at radius 3 is 2.07 bits per heavy atom. The maximum absolute atomic E-state index is 13.1. The molecule has 1 unspecified atom stereocenters. The molecule has 268 valence electrons. The molecule has 16 atom stereocenters. The predicted molar refractivity (Wildman–Crippen MR) is 156 cm³/mol. The van der Waals surface area contributed by atoms with Crippen LogP contribution in [0.4, 0.5) is 4.79 Å². The number of amides is 1. The minimum atomic E-state index is -1.67. The fourth-order valence-corrected chi connectivity index (χ4v) is 6.06. The Morgan fingerprint density at radius 1 is 0.891 bits per heavy atom. The normalized spacial score (nSPS) is 42.7. The van der Waals surface area contributed by atoms with Crippen molar-refractivity contribution in [3.05, 3.63) is 0 Å². The number of carbonyl (C=O) groups excluding carboxylic acids is 2. The highest BCUT2D eigenvalue weighted by Gasteiger charge is 2.52. The van der Waals surface area contributed by atoms with Crippen molar-refractivity contribution in [1.82, 2.24) is 5.32 Å². The molecule has 1 aliphatic carbocycles. The van der Waals surface area contributed by atoms with Gasteiger partial charge in [0.1, 0.15) is 54.4 Å². The highest BCUT2D eigenvalue weighted by Crippen LogP contribution is 2.39. The molecule has 2 heterocycles. The Kier molecular flexibility index (Phi) is 13.7. The van der Waals surface area contributed by atoms with Gasteiger partial charge in [-0.25, -0.2) is 4.79 Å². The molecule has 3 rings (SSSR count). The van der Waals surface area contributed by atoms with E-state index in [9.17, 15) is 50.4 Å².